The second-order valence-electron chi connectivity index (χ2n) is 38.0. The van der Waals surface area contributed by atoms with E-state index in [1.807, 2.05) is 107 Å². The summed E-state index contributed by atoms with van der Waals surface area (Å²) >= 11 is 25.5. The molecule has 0 saturated carbocycles. The summed E-state index contributed by atoms with van der Waals surface area (Å²) in [6.07, 6.45) is 0. The molecule has 0 fully saturated rings. The summed E-state index contributed by atoms with van der Waals surface area (Å²) in [5.74, 6) is 0.634. The molecule has 0 radical (unpaired) electrons. The molecule has 0 saturated heterocycles. The van der Waals surface area contributed by atoms with E-state index in [1.54, 1.807) is 0 Å². The minimum Gasteiger partial charge on any atom is -0.452 e. The Labute approximate surface area is 879 Å². The van der Waals surface area contributed by atoms with Crippen LogP contribution >= 0.6 is 68.8 Å². The van der Waals surface area contributed by atoms with Crippen molar-refractivity contribution in [3.05, 3.63) is 453 Å². The van der Waals surface area contributed by atoms with Crippen LogP contribution < -0.4 is 0 Å². The quantitative estimate of drug-likeness (QED) is 0.130. The molecule has 0 aliphatic heterocycles. The van der Waals surface area contributed by atoms with Gasteiger partial charge in [-0.05, 0) is 233 Å². The zero-order valence-corrected chi connectivity index (χ0v) is 83.9. The molecule has 0 bridgehead atoms. The fourth-order valence-corrected chi connectivity index (χ4v) is 27.7. The van der Waals surface area contributed by atoms with Crippen LogP contribution in [0.3, 0.4) is 0 Å². The SMILES string of the molecule is Clc1nc(-c2cc(-c3ccccc3)cc(-n3c4ccccc4c4c5cc(-c6ccccc6)ccc5c5c6ccccc6sc5c43)c2)c2oc3ccccc3c2n1.Clc1nc(-c2ccc(-n3c4ccccc4c4c5ccccc5c5c6ccccc6sc5c43)cc2)c2oc3ccccc3c2n1.Clc1nc(-n2c3ccccc3c3c4ccc(-c5cccc(-c6ccccc6)c5)cc4c4c5ccccc5sc4c32)c2oc3ccccc3c2n1. The predicted molar refractivity (Wildman–Crippen MR) is 630 cm³/mol. The normalized spacial score (nSPS) is 12.1. The van der Waals surface area contributed by atoms with Gasteiger partial charge in [-0.25, -0.2) is 24.9 Å². The Kier molecular flexibility index (Phi) is 19.6. The van der Waals surface area contributed by atoms with Gasteiger partial charge in [-0.3, -0.25) is 4.57 Å². The average molecular weight is 2030 g/mol. The summed E-state index contributed by atoms with van der Waals surface area (Å²) in [6.45, 7) is 0. The highest BCUT2D eigenvalue weighted by Gasteiger charge is 2.31. The minimum absolute atomic E-state index is 0.176. The Morgan fingerprint density at radius 2 is 0.500 bits per heavy atom. The molecule has 0 spiro atoms. The maximum Gasteiger partial charge on any atom is 0.225 e. The molecule has 0 aliphatic rings. The third-order valence-electron chi connectivity index (χ3n) is 29.8. The van der Waals surface area contributed by atoms with Crippen molar-refractivity contribution in [3.8, 4) is 84.2 Å². The van der Waals surface area contributed by atoms with E-state index < -0.39 is 0 Å². The van der Waals surface area contributed by atoms with Crippen LogP contribution in [-0.4, -0.2) is 43.6 Å². The molecule has 21 aromatic carbocycles. The summed E-state index contributed by atoms with van der Waals surface area (Å²) in [7, 11) is 0. The van der Waals surface area contributed by atoms with Crippen molar-refractivity contribution < 1.29 is 13.3 Å². The fraction of sp³-hybridized carbons (Fsp3) is 0. The third kappa shape index (κ3) is 13.4. The molecular weight excluding hydrogens is 1960 g/mol. The van der Waals surface area contributed by atoms with Gasteiger partial charge in [0.25, 0.3) is 0 Å². The molecule has 702 valence electrons. The monoisotopic (exact) mass is 2030 g/mol. The van der Waals surface area contributed by atoms with Crippen molar-refractivity contribution in [1.29, 1.82) is 0 Å². The molecule has 0 amide bonds. The summed E-state index contributed by atoms with van der Waals surface area (Å²) in [5, 5.41) is 25.7. The molecule has 150 heavy (non-hydrogen) atoms. The van der Waals surface area contributed by atoms with E-state index in [1.165, 1.54) is 170 Å². The summed E-state index contributed by atoms with van der Waals surface area (Å²) in [4.78, 5) is 28.2. The standard InChI is InChI=1S/C50H28ClN3OS.C44H24ClN3OS.C38H20ClN3OS/c51-50-52-45(48-46(53-50)37-18-8-11-21-41(37)55-48)33-25-32(30-15-5-2-6-16-30)26-34(27-33)54-40-20-10-7-17-36(40)43-39-28-31(29-13-3-1-4-14-29)23-24-35(39)44-38-19-9-12-22-42(38)56-49(44)47(43)54;45-44-46-39-31-16-5-8-19-35(31)49-41(39)43(47-44)48-34-18-7-4-15-30(34)37-29-22-21-28(27-14-10-13-26(23-27)25-11-2-1-3-12-25)24-33(29)38-32-17-6-9-20-36(32)50-42(38)40(37)48;39-38-40-33(36-34(41-38)26-12-4-7-15-29(26)43-36)21-17-19-22(20-18-21)42-28-14-6-3-11-25(28)31-23-9-1-2-10-24(23)32-27-13-5-8-16-30(27)44-37(32)35(31)42/h1-28H;1-24H;1-20H. The van der Waals surface area contributed by atoms with Gasteiger partial charge in [0.15, 0.2) is 22.6 Å². The number of thiophene rings is 3. The number of furan rings is 3. The predicted octanol–water partition coefficient (Wildman–Crippen LogP) is 38.9. The lowest BCUT2D eigenvalue weighted by atomic mass is 9.94. The van der Waals surface area contributed by atoms with Crippen LogP contribution in [0.15, 0.2) is 450 Å². The zero-order valence-electron chi connectivity index (χ0n) is 79.2. The number of nitrogens with zero attached hydrogens (tertiary/aromatic N) is 9. The molecule has 33 rings (SSSR count). The molecule has 0 N–H and O–H groups in total. The highest BCUT2D eigenvalue weighted by molar-refractivity contribution is 7.28. The molecule has 0 aliphatic carbocycles. The number of hydrogen-bond acceptors (Lipinski definition) is 12. The largest absolute Gasteiger partial charge is 0.452 e. The van der Waals surface area contributed by atoms with Crippen molar-refractivity contribution in [2.24, 2.45) is 0 Å². The number of halogens is 3. The van der Waals surface area contributed by atoms with E-state index in [0.717, 1.165) is 94.0 Å². The van der Waals surface area contributed by atoms with Gasteiger partial charge in [-0.1, -0.05) is 315 Å². The Morgan fingerprint density at radius 3 is 0.993 bits per heavy atom. The molecule has 0 atom stereocenters. The summed E-state index contributed by atoms with van der Waals surface area (Å²) in [5.41, 5.74) is 27.7. The Bertz CT molecular complexity index is 11600. The Morgan fingerprint density at radius 1 is 0.193 bits per heavy atom. The zero-order chi connectivity index (χ0) is 98.8. The first-order valence-electron chi connectivity index (χ1n) is 49.6. The van der Waals surface area contributed by atoms with Gasteiger partial charge < -0.3 is 22.4 Å². The third-order valence-corrected chi connectivity index (χ3v) is 33.8. The average Bonchev–Trinajstić information content (AvgIpc) is 1.55. The van der Waals surface area contributed by atoms with E-state index in [0.29, 0.717) is 45.0 Å². The van der Waals surface area contributed by atoms with E-state index >= 15 is 0 Å². The van der Waals surface area contributed by atoms with E-state index in [2.05, 4.69) is 398 Å². The van der Waals surface area contributed by atoms with Gasteiger partial charge in [-0.15, -0.1) is 34.0 Å². The lowest BCUT2D eigenvalue weighted by Crippen LogP contribution is -2.00. The van der Waals surface area contributed by atoms with Crippen LogP contribution in [0.1, 0.15) is 0 Å². The first kappa shape index (κ1) is 86.3. The van der Waals surface area contributed by atoms with Crippen LogP contribution in [0, 0.1) is 0 Å². The molecular formula is C132H72Cl3N9O3S3. The Balaban J connectivity index is 0.000000102. The van der Waals surface area contributed by atoms with E-state index in [9.17, 15) is 0 Å². The Hall–Kier alpha value is -18.0. The van der Waals surface area contributed by atoms with Crippen LogP contribution in [0.4, 0.5) is 0 Å². The van der Waals surface area contributed by atoms with Gasteiger partial charge >= 0.3 is 0 Å². The molecule has 0 unspecified atom stereocenters. The maximum absolute atomic E-state index is 6.73. The number of benzene rings is 21. The highest BCUT2D eigenvalue weighted by atomic mass is 35.5. The van der Waals surface area contributed by atoms with Crippen molar-refractivity contribution in [1.82, 2.24) is 43.6 Å². The lowest BCUT2D eigenvalue weighted by molar-refractivity contribution is 0.662. The van der Waals surface area contributed by atoms with E-state index in [-0.39, 0.29) is 15.9 Å². The topological polar surface area (TPSA) is 132 Å². The molecule has 12 nitrogen and oxygen atoms in total. The molecule has 33 aromatic rings. The van der Waals surface area contributed by atoms with Crippen LogP contribution in [0.5, 0.6) is 0 Å². The molecule has 12 aromatic heterocycles. The smallest absolute Gasteiger partial charge is 0.225 e. The number of para-hydroxylation sites is 6. The van der Waals surface area contributed by atoms with Gasteiger partial charge in [0.05, 0.1) is 47.2 Å². The number of hydrogen-bond donors (Lipinski definition) is 0. The van der Waals surface area contributed by atoms with Crippen molar-refractivity contribution in [3.63, 3.8) is 0 Å². The molecule has 12 heterocycles. The fourth-order valence-electron chi connectivity index (χ4n) is 23.4. The van der Waals surface area contributed by atoms with Crippen molar-refractivity contribution in [2.45, 2.75) is 0 Å². The summed E-state index contributed by atoms with van der Waals surface area (Å²) in [6, 6.07) is 155. The number of rotatable bonds is 9. The van der Waals surface area contributed by atoms with Gasteiger partial charge in [-0.2, -0.15) is 4.98 Å². The van der Waals surface area contributed by atoms with Crippen molar-refractivity contribution >= 4 is 293 Å². The lowest BCUT2D eigenvalue weighted by Gasteiger charge is -2.15. The maximum atomic E-state index is 6.73. The number of fused-ring (bicyclic) bond motifs is 39. The van der Waals surface area contributed by atoms with Crippen molar-refractivity contribution in [2.75, 3.05) is 0 Å². The second kappa shape index (κ2) is 34.0. The minimum atomic E-state index is 0.176. The highest BCUT2D eigenvalue weighted by Crippen LogP contribution is 2.55. The van der Waals surface area contributed by atoms with Crippen LogP contribution in [0.2, 0.25) is 15.9 Å². The second-order valence-corrected chi connectivity index (χ2v) is 42.2. The van der Waals surface area contributed by atoms with Gasteiger partial charge in [0.2, 0.25) is 15.9 Å². The molecule has 18 heteroatoms. The van der Waals surface area contributed by atoms with Gasteiger partial charge in [0, 0.05) is 117 Å². The van der Waals surface area contributed by atoms with Gasteiger partial charge in [0.1, 0.15) is 44.7 Å². The van der Waals surface area contributed by atoms with Crippen LogP contribution in [-0.2, 0) is 0 Å². The first-order valence-corrected chi connectivity index (χ1v) is 53.2. The number of aromatic nitrogens is 9. The van der Waals surface area contributed by atoms with Crippen LogP contribution in [0.25, 0.3) is 309 Å². The summed E-state index contributed by atoms with van der Waals surface area (Å²) < 4.78 is 33.9. The first-order chi connectivity index (χ1) is 74.1. The van der Waals surface area contributed by atoms with E-state index in [4.69, 9.17) is 58.0 Å².